The Bertz CT molecular complexity index is 813. The van der Waals surface area contributed by atoms with Crippen molar-refractivity contribution < 1.29 is 22.7 Å². The van der Waals surface area contributed by atoms with Crippen LogP contribution in [0.1, 0.15) is 5.82 Å². The molecule has 2 N–H and O–H groups in total. The molecule has 0 saturated heterocycles. The van der Waals surface area contributed by atoms with Crippen molar-refractivity contribution in [3.05, 3.63) is 40.6 Å². The summed E-state index contributed by atoms with van der Waals surface area (Å²) < 4.78 is 44.2. The van der Waals surface area contributed by atoms with Crippen molar-refractivity contribution in [1.82, 2.24) is 19.7 Å². The van der Waals surface area contributed by atoms with Gasteiger partial charge in [-0.2, -0.15) is 13.2 Å². The van der Waals surface area contributed by atoms with E-state index in [0.29, 0.717) is 20.7 Å². The summed E-state index contributed by atoms with van der Waals surface area (Å²) >= 11 is 0. The van der Waals surface area contributed by atoms with Crippen molar-refractivity contribution in [2.24, 2.45) is 7.05 Å². The number of amides is 2. The molecule has 136 valence electrons. The molecule has 0 radical (unpaired) electrons. The summed E-state index contributed by atoms with van der Waals surface area (Å²) in [6, 6.07) is 6.11. The zero-order valence-corrected chi connectivity index (χ0v) is 13.4. The Hall–Kier alpha value is -2.98. The maximum atomic E-state index is 12.7. The Labute approximate surface area is 140 Å². The van der Waals surface area contributed by atoms with Gasteiger partial charge in [-0.25, -0.2) is 14.3 Å². The molecule has 1 aromatic heterocycles. The summed E-state index contributed by atoms with van der Waals surface area (Å²) in [4.78, 5) is 23.5. The van der Waals surface area contributed by atoms with E-state index in [1.165, 1.54) is 7.11 Å². The zero-order valence-electron chi connectivity index (χ0n) is 13.4. The standard InChI is InChI=1S/C14H16F3N5O3/c1-21-11(14(15,16)17)20-22(13(21)24)8-7-18-12(23)19-9-5-3-4-6-10(9)25-2/h3-6H,7-8H2,1-2H3,(H2,18,19,23). The lowest BCUT2D eigenvalue weighted by molar-refractivity contribution is -0.147. The average Bonchev–Trinajstić information content (AvgIpc) is 2.84. The third-order valence-electron chi connectivity index (χ3n) is 3.26. The summed E-state index contributed by atoms with van der Waals surface area (Å²) in [5, 5.41) is 8.20. The Kier molecular flexibility index (Phi) is 5.35. The Balaban J connectivity index is 1.95. The molecule has 0 saturated carbocycles. The molecule has 2 amide bonds. The molecule has 0 aliphatic heterocycles. The van der Waals surface area contributed by atoms with E-state index in [-0.39, 0.29) is 13.1 Å². The zero-order chi connectivity index (χ0) is 18.6. The number of methoxy groups -OCH3 is 1. The van der Waals surface area contributed by atoms with Crippen LogP contribution in [-0.4, -0.2) is 34.0 Å². The van der Waals surface area contributed by atoms with Gasteiger partial charge in [0, 0.05) is 13.6 Å². The molecule has 1 heterocycles. The summed E-state index contributed by atoms with van der Waals surface area (Å²) in [5.41, 5.74) is -0.490. The van der Waals surface area contributed by atoms with Crippen molar-refractivity contribution in [2.75, 3.05) is 19.0 Å². The molecule has 1 aromatic carbocycles. The van der Waals surface area contributed by atoms with Crippen molar-refractivity contribution in [2.45, 2.75) is 12.7 Å². The molecular weight excluding hydrogens is 343 g/mol. The number of urea groups is 1. The molecule has 8 nitrogen and oxygen atoms in total. The predicted octanol–water partition coefficient (Wildman–Crippen LogP) is 1.43. The van der Waals surface area contributed by atoms with Crippen LogP contribution >= 0.6 is 0 Å². The Morgan fingerprint density at radius 3 is 2.60 bits per heavy atom. The second kappa shape index (κ2) is 7.28. The number of benzene rings is 1. The van der Waals surface area contributed by atoms with Gasteiger partial charge in [-0.05, 0) is 12.1 Å². The van der Waals surface area contributed by atoms with Crippen LogP contribution in [0, 0.1) is 0 Å². The van der Waals surface area contributed by atoms with Crippen LogP contribution in [0.4, 0.5) is 23.7 Å². The summed E-state index contributed by atoms with van der Waals surface area (Å²) in [7, 11) is 2.43. The van der Waals surface area contributed by atoms with E-state index in [2.05, 4.69) is 15.7 Å². The van der Waals surface area contributed by atoms with Gasteiger partial charge >= 0.3 is 17.9 Å². The number of aromatic nitrogens is 3. The lowest BCUT2D eigenvalue weighted by atomic mass is 10.3. The summed E-state index contributed by atoms with van der Waals surface area (Å²) in [6.45, 7) is -0.294. The van der Waals surface area contributed by atoms with E-state index in [1.807, 2.05) is 0 Å². The van der Waals surface area contributed by atoms with Gasteiger partial charge in [0.15, 0.2) is 0 Å². The molecule has 2 aromatic rings. The van der Waals surface area contributed by atoms with E-state index in [1.54, 1.807) is 24.3 Å². The third kappa shape index (κ3) is 4.31. The van der Waals surface area contributed by atoms with Gasteiger partial charge in [-0.3, -0.25) is 4.57 Å². The lowest BCUT2D eigenvalue weighted by Crippen LogP contribution is -2.34. The number of halogens is 3. The molecule has 0 aliphatic carbocycles. The van der Waals surface area contributed by atoms with Crippen molar-refractivity contribution in [1.29, 1.82) is 0 Å². The highest BCUT2D eigenvalue weighted by Crippen LogP contribution is 2.26. The van der Waals surface area contributed by atoms with Gasteiger partial charge in [-0.15, -0.1) is 5.10 Å². The van der Waals surface area contributed by atoms with Gasteiger partial charge in [0.1, 0.15) is 5.75 Å². The quantitative estimate of drug-likeness (QED) is 0.845. The van der Waals surface area contributed by atoms with Crippen molar-refractivity contribution in [3.8, 4) is 5.75 Å². The first kappa shape index (κ1) is 18.4. The number of hydrogen-bond acceptors (Lipinski definition) is 4. The number of hydrogen-bond donors (Lipinski definition) is 2. The number of carbonyl (C=O) groups excluding carboxylic acids is 1. The summed E-state index contributed by atoms with van der Waals surface area (Å²) in [6.07, 6.45) is -4.73. The van der Waals surface area contributed by atoms with Gasteiger partial charge in [0.05, 0.1) is 19.3 Å². The lowest BCUT2D eigenvalue weighted by Gasteiger charge is -2.10. The predicted molar refractivity (Wildman–Crippen MR) is 82.5 cm³/mol. The molecule has 0 aliphatic rings. The number of para-hydroxylation sites is 2. The maximum absolute atomic E-state index is 12.7. The highest BCUT2D eigenvalue weighted by Gasteiger charge is 2.37. The number of nitrogens with one attached hydrogen (secondary N) is 2. The minimum absolute atomic E-state index is 0.0881. The first-order chi connectivity index (χ1) is 11.7. The highest BCUT2D eigenvalue weighted by molar-refractivity contribution is 5.90. The third-order valence-corrected chi connectivity index (χ3v) is 3.26. The number of nitrogens with zero attached hydrogens (tertiary/aromatic N) is 3. The maximum Gasteiger partial charge on any atom is 0.451 e. The summed E-state index contributed by atoms with van der Waals surface area (Å²) in [5.74, 6) is -0.843. The topological polar surface area (TPSA) is 90.2 Å². The smallest absolute Gasteiger partial charge is 0.451 e. The van der Waals surface area contributed by atoms with Crippen molar-refractivity contribution >= 4 is 11.7 Å². The fourth-order valence-electron chi connectivity index (χ4n) is 2.07. The number of rotatable bonds is 5. The van der Waals surface area contributed by atoms with Crippen LogP contribution in [0.3, 0.4) is 0 Å². The normalized spacial score (nSPS) is 11.2. The van der Waals surface area contributed by atoms with Crippen LogP contribution in [0.2, 0.25) is 0 Å². The fraction of sp³-hybridized carbons (Fsp3) is 0.357. The second-order valence-electron chi connectivity index (χ2n) is 4.97. The Morgan fingerprint density at radius 1 is 1.32 bits per heavy atom. The van der Waals surface area contributed by atoms with E-state index in [4.69, 9.17) is 4.74 Å². The van der Waals surface area contributed by atoms with Gasteiger partial charge in [-0.1, -0.05) is 12.1 Å². The monoisotopic (exact) mass is 359 g/mol. The van der Waals surface area contributed by atoms with E-state index >= 15 is 0 Å². The van der Waals surface area contributed by atoms with E-state index in [0.717, 1.165) is 7.05 Å². The molecule has 0 fully saturated rings. The molecule has 0 atom stereocenters. The van der Waals surface area contributed by atoms with Crippen molar-refractivity contribution in [3.63, 3.8) is 0 Å². The first-order valence-electron chi connectivity index (χ1n) is 7.13. The molecule has 25 heavy (non-hydrogen) atoms. The number of alkyl halides is 3. The first-order valence-corrected chi connectivity index (χ1v) is 7.13. The largest absolute Gasteiger partial charge is 0.495 e. The minimum atomic E-state index is -4.73. The molecule has 0 unspecified atom stereocenters. The van der Waals surface area contributed by atoms with E-state index in [9.17, 15) is 22.8 Å². The molecule has 0 spiro atoms. The Morgan fingerprint density at radius 2 is 2.00 bits per heavy atom. The molecule has 11 heteroatoms. The van der Waals surface area contributed by atoms with Crippen LogP contribution in [0.15, 0.2) is 29.1 Å². The van der Waals surface area contributed by atoms with Crippen LogP contribution in [0.25, 0.3) is 0 Å². The second-order valence-corrected chi connectivity index (χ2v) is 4.97. The molecule has 0 bridgehead atoms. The van der Waals surface area contributed by atoms with Crippen LogP contribution in [-0.2, 0) is 19.8 Å². The van der Waals surface area contributed by atoms with Gasteiger partial charge in [0.2, 0.25) is 5.82 Å². The SMILES string of the molecule is COc1ccccc1NC(=O)NCCn1nc(C(F)(F)F)n(C)c1=O. The fourth-order valence-corrected chi connectivity index (χ4v) is 2.07. The number of carbonyl (C=O) groups is 1. The van der Waals surface area contributed by atoms with Crippen LogP contribution in [0.5, 0.6) is 5.75 Å². The minimum Gasteiger partial charge on any atom is -0.495 e. The highest BCUT2D eigenvalue weighted by atomic mass is 19.4. The number of ether oxygens (including phenoxy) is 1. The van der Waals surface area contributed by atoms with Gasteiger partial charge in [0.25, 0.3) is 0 Å². The number of anilines is 1. The van der Waals surface area contributed by atoms with Crippen LogP contribution < -0.4 is 21.1 Å². The van der Waals surface area contributed by atoms with E-state index < -0.39 is 23.7 Å². The van der Waals surface area contributed by atoms with Gasteiger partial charge < -0.3 is 15.4 Å². The average molecular weight is 359 g/mol. The molecule has 2 rings (SSSR count). The molecular formula is C14H16F3N5O3.